The van der Waals surface area contributed by atoms with Crippen LogP contribution in [0.3, 0.4) is 0 Å². The number of alkyl halides is 3. The van der Waals surface area contributed by atoms with Crippen molar-refractivity contribution in [3.8, 4) is 17.0 Å². The van der Waals surface area contributed by atoms with Crippen LogP contribution < -0.4 is 15.4 Å². The third-order valence-corrected chi connectivity index (χ3v) is 7.65. The minimum absolute atomic E-state index is 0.0175. The van der Waals surface area contributed by atoms with Gasteiger partial charge in [0.2, 0.25) is 11.5 Å². The van der Waals surface area contributed by atoms with Crippen molar-refractivity contribution in [1.29, 1.82) is 0 Å². The summed E-state index contributed by atoms with van der Waals surface area (Å²) in [5, 5.41) is 30.9. The number of fused-ring (bicyclic) bond motifs is 2. The van der Waals surface area contributed by atoms with Crippen molar-refractivity contribution in [2.24, 2.45) is 7.05 Å². The molecule has 1 aliphatic rings. The Morgan fingerprint density at radius 3 is 2.38 bits per heavy atom. The maximum atomic E-state index is 14.8. The first-order chi connectivity index (χ1) is 20.9. The lowest BCUT2D eigenvalue weighted by Crippen LogP contribution is -2.52. The topological polar surface area (TPSA) is 139 Å². The predicted molar refractivity (Wildman–Crippen MR) is 155 cm³/mol. The van der Waals surface area contributed by atoms with Gasteiger partial charge in [0.15, 0.2) is 0 Å². The molecule has 5 rings (SSSR count). The number of carbonyl (C=O) groups is 2. The molecule has 1 aliphatic heterocycles. The molecule has 0 bridgehead atoms. The van der Waals surface area contributed by atoms with Crippen LogP contribution in [0, 0.1) is 5.82 Å². The van der Waals surface area contributed by atoms with Gasteiger partial charge in [-0.25, -0.2) is 9.37 Å². The Bertz CT molecular complexity index is 1780. The number of aromatic nitrogens is 3. The molecule has 4 N–H and O–H groups in total. The monoisotopic (exact) mass is 629 g/mol. The molecule has 0 aliphatic carbocycles. The number of aryl methyl sites for hydroxylation is 1. The van der Waals surface area contributed by atoms with Gasteiger partial charge in [-0.05, 0) is 69.3 Å². The summed E-state index contributed by atoms with van der Waals surface area (Å²) in [6.45, 7) is 2.60. The van der Waals surface area contributed by atoms with E-state index in [0.29, 0.717) is 10.9 Å². The Balaban J connectivity index is 1.58. The van der Waals surface area contributed by atoms with Gasteiger partial charge in [0, 0.05) is 41.9 Å². The molecule has 3 heterocycles. The van der Waals surface area contributed by atoms with E-state index in [-0.39, 0.29) is 41.3 Å². The summed E-state index contributed by atoms with van der Waals surface area (Å²) in [5.41, 5.74) is -6.90. The number of ether oxygens (including phenoxy) is 1. The maximum Gasteiger partial charge on any atom is 0.424 e. The first-order valence-corrected chi connectivity index (χ1v) is 13.9. The molecule has 0 saturated heterocycles. The maximum absolute atomic E-state index is 14.8. The number of pyridine rings is 1. The summed E-state index contributed by atoms with van der Waals surface area (Å²) in [5.74, 6) is -2.17. The summed E-state index contributed by atoms with van der Waals surface area (Å²) in [6.07, 6.45) is -3.71. The van der Waals surface area contributed by atoms with E-state index in [9.17, 15) is 37.4 Å². The summed E-state index contributed by atoms with van der Waals surface area (Å²) < 4.78 is 65.4. The number of benzene rings is 2. The second-order valence-electron chi connectivity index (χ2n) is 12.0. The third-order valence-electron chi connectivity index (χ3n) is 7.65. The highest BCUT2D eigenvalue weighted by Gasteiger charge is 2.58. The fourth-order valence-corrected chi connectivity index (χ4v) is 5.01. The first-order valence-electron chi connectivity index (χ1n) is 13.9. The Labute approximate surface area is 255 Å². The van der Waals surface area contributed by atoms with Crippen LogP contribution in [0.5, 0.6) is 5.75 Å². The van der Waals surface area contributed by atoms with E-state index in [1.54, 1.807) is 19.3 Å². The van der Waals surface area contributed by atoms with E-state index in [1.807, 2.05) is 0 Å². The van der Waals surface area contributed by atoms with Crippen molar-refractivity contribution in [2.75, 3.05) is 19.7 Å². The summed E-state index contributed by atoms with van der Waals surface area (Å²) >= 11 is 0. The minimum Gasteiger partial charge on any atom is -0.489 e. The lowest BCUT2D eigenvalue weighted by atomic mass is 9.81. The van der Waals surface area contributed by atoms with Crippen molar-refractivity contribution in [1.82, 2.24) is 25.4 Å². The van der Waals surface area contributed by atoms with Gasteiger partial charge in [0.25, 0.3) is 5.91 Å². The summed E-state index contributed by atoms with van der Waals surface area (Å²) in [6, 6.07) is 10.0. The van der Waals surface area contributed by atoms with Gasteiger partial charge in [0.1, 0.15) is 29.3 Å². The van der Waals surface area contributed by atoms with E-state index >= 15 is 0 Å². The molecule has 2 amide bonds. The van der Waals surface area contributed by atoms with Gasteiger partial charge in [-0.3, -0.25) is 14.3 Å². The number of carbonyl (C=O) groups excluding carboxylic acids is 2. The Kier molecular flexibility index (Phi) is 7.86. The van der Waals surface area contributed by atoms with Gasteiger partial charge >= 0.3 is 6.18 Å². The van der Waals surface area contributed by atoms with Gasteiger partial charge in [-0.1, -0.05) is 0 Å². The lowest BCUT2D eigenvalue weighted by Gasteiger charge is -2.32. The molecule has 2 atom stereocenters. The molecule has 0 radical (unpaired) electrons. The molecule has 45 heavy (non-hydrogen) atoms. The number of hydrogen-bond donors (Lipinski definition) is 4. The van der Waals surface area contributed by atoms with E-state index < -0.39 is 52.7 Å². The minimum atomic E-state index is -5.35. The number of halogens is 4. The number of aliphatic hydroxyl groups is 2. The van der Waals surface area contributed by atoms with Gasteiger partial charge in [-0.2, -0.15) is 18.3 Å². The van der Waals surface area contributed by atoms with Crippen LogP contribution in [0.4, 0.5) is 17.6 Å². The highest BCUT2D eigenvalue weighted by molar-refractivity contribution is 5.98. The van der Waals surface area contributed by atoms with Crippen LogP contribution in [0.2, 0.25) is 0 Å². The number of amides is 2. The normalized spacial score (nSPS) is 17.8. The molecule has 0 unspecified atom stereocenters. The van der Waals surface area contributed by atoms with Crippen LogP contribution in [0.1, 0.15) is 42.4 Å². The number of nitrogens with zero attached hydrogens (tertiary/aromatic N) is 3. The van der Waals surface area contributed by atoms with Crippen molar-refractivity contribution in [2.45, 2.75) is 43.6 Å². The number of nitrogens with one attached hydrogen (secondary N) is 2. The van der Waals surface area contributed by atoms with Crippen molar-refractivity contribution >= 4 is 22.7 Å². The predicted octanol–water partition coefficient (Wildman–Crippen LogP) is 3.49. The molecule has 14 heteroatoms. The molecule has 2 aromatic carbocycles. The Morgan fingerprint density at radius 2 is 1.73 bits per heavy atom. The first kappa shape index (κ1) is 31.9. The molecular formula is C31H31F4N5O5. The molecule has 0 fully saturated rings. The fourth-order valence-electron chi connectivity index (χ4n) is 5.01. The zero-order valence-electron chi connectivity index (χ0n) is 24.8. The van der Waals surface area contributed by atoms with E-state index in [0.717, 1.165) is 18.2 Å². The Morgan fingerprint density at radius 1 is 1.04 bits per heavy atom. The van der Waals surface area contributed by atoms with Crippen LogP contribution in [0.25, 0.3) is 22.2 Å². The Hall–Kier alpha value is -4.56. The van der Waals surface area contributed by atoms with Gasteiger partial charge < -0.3 is 25.6 Å². The molecule has 2 aromatic heterocycles. The van der Waals surface area contributed by atoms with E-state index in [1.165, 1.54) is 49.7 Å². The van der Waals surface area contributed by atoms with Crippen LogP contribution >= 0.6 is 0 Å². The fraction of sp³-hybridized carbons (Fsp3) is 0.355. The second-order valence-corrected chi connectivity index (χ2v) is 12.0. The van der Waals surface area contributed by atoms with Crippen LogP contribution in [-0.2, 0) is 22.9 Å². The molecule has 4 aromatic rings. The van der Waals surface area contributed by atoms with Crippen molar-refractivity contribution < 1.29 is 42.1 Å². The third kappa shape index (κ3) is 6.07. The van der Waals surface area contributed by atoms with Crippen molar-refractivity contribution in [3.05, 3.63) is 77.4 Å². The zero-order chi connectivity index (χ0) is 32.9. The molecule has 0 saturated carbocycles. The van der Waals surface area contributed by atoms with E-state index in [2.05, 4.69) is 20.7 Å². The van der Waals surface area contributed by atoms with Crippen LogP contribution in [-0.4, -0.2) is 68.3 Å². The molecular weight excluding hydrogens is 598 g/mol. The smallest absolute Gasteiger partial charge is 0.424 e. The van der Waals surface area contributed by atoms with E-state index in [4.69, 9.17) is 4.74 Å². The summed E-state index contributed by atoms with van der Waals surface area (Å²) in [7, 11) is 1.68. The average molecular weight is 630 g/mol. The largest absolute Gasteiger partial charge is 0.489 e. The van der Waals surface area contributed by atoms with Gasteiger partial charge in [0.05, 0.1) is 23.4 Å². The quantitative estimate of drug-likeness (QED) is 0.219. The lowest BCUT2D eigenvalue weighted by molar-refractivity contribution is -0.265. The number of rotatable bonds is 8. The second kappa shape index (κ2) is 11.1. The molecule has 0 spiro atoms. The molecule has 10 nitrogen and oxygen atoms in total. The average Bonchev–Trinajstić information content (AvgIpc) is 3.52. The highest BCUT2D eigenvalue weighted by Crippen LogP contribution is 2.48. The number of hydrogen-bond acceptors (Lipinski definition) is 7. The standard InChI is InChI=1S/C31H31F4N5O5/c1-28(2,43)14-37-27(42)29(3)16-45-25-21(29)12-23(38-24(25)17-5-8-20(32)9-6-17)30(44,31(33,34)35)15-36-26(41)18-7-10-22-19(11-18)13-40(4)39-22/h5-13,43-44H,14-16H2,1-4H3,(H,36,41)(H,37,42)/t29-,30-/m0/s1. The summed E-state index contributed by atoms with van der Waals surface area (Å²) in [4.78, 5) is 30.5. The van der Waals surface area contributed by atoms with Gasteiger partial charge in [-0.15, -0.1) is 0 Å². The highest BCUT2D eigenvalue weighted by atomic mass is 19.4. The van der Waals surface area contributed by atoms with Crippen molar-refractivity contribution in [3.63, 3.8) is 0 Å². The zero-order valence-corrected chi connectivity index (χ0v) is 24.8. The van der Waals surface area contributed by atoms with Crippen LogP contribution in [0.15, 0.2) is 54.7 Å². The SMILES string of the molecule is Cn1cc2cc(C(=O)NC[C@](O)(c3cc4c(c(-c5ccc(F)cc5)n3)OC[C@]4(C)C(=O)NCC(C)(C)O)C(F)(F)F)ccc2n1. The molecule has 238 valence electrons.